The maximum absolute atomic E-state index is 12.6. The van der Waals surface area contributed by atoms with Gasteiger partial charge in [-0.1, -0.05) is 154 Å². The second kappa shape index (κ2) is 39.8. The quantitative estimate of drug-likeness (QED) is 0.0232. The molecule has 0 spiro atoms. The lowest BCUT2D eigenvalue weighted by Gasteiger charge is -2.20. The maximum Gasteiger partial charge on any atom is 0.472 e. The summed E-state index contributed by atoms with van der Waals surface area (Å²) in [7, 11) is -4.72. The van der Waals surface area contributed by atoms with E-state index in [1.54, 1.807) is 0 Å². The molecule has 11 nitrogen and oxygen atoms in total. The van der Waals surface area contributed by atoms with Crippen LogP contribution in [0.25, 0.3) is 0 Å². The first-order valence-corrected chi connectivity index (χ1v) is 23.9. The van der Waals surface area contributed by atoms with E-state index in [9.17, 15) is 23.8 Å². The molecule has 0 bridgehead atoms. The van der Waals surface area contributed by atoms with E-state index in [1.807, 2.05) is 0 Å². The average molecular weight is 816 g/mol. The molecule has 0 aliphatic heterocycles. The molecule has 0 amide bonds. The highest BCUT2D eigenvalue weighted by atomic mass is 31.2. The van der Waals surface area contributed by atoms with E-state index in [-0.39, 0.29) is 19.4 Å². The number of phosphoric ester groups is 1. The standard InChI is InChI=1S/C44H82NO10P/c1-3-5-7-9-11-13-15-17-19-20-22-24-26-28-30-32-34-36-43(47)55-40(38-53-56(50,51)54-39-41(45)44(48)49)37-52-42(46)35-33-31-29-27-25-23-21-18-16-14-12-10-8-6-4-2/h13,15,25,27,40-41H,3-12,14,16-24,26,28-39,45H2,1-2H3,(H,48,49)(H,50,51)/b15-13+,27-25+/t40-,41+/m1/s1. The van der Waals surface area contributed by atoms with Crippen LogP contribution in [0, 0.1) is 0 Å². The number of carboxylic acids is 1. The van der Waals surface area contributed by atoms with Crippen LogP contribution >= 0.6 is 7.82 Å². The molecule has 0 aromatic carbocycles. The molecular formula is C44H82NO10P. The van der Waals surface area contributed by atoms with Crippen molar-refractivity contribution in [3.8, 4) is 0 Å². The Labute approximate surface area is 340 Å². The van der Waals surface area contributed by atoms with E-state index in [4.69, 9.17) is 24.8 Å². The molecule has 0 aromatic heterocycles. The van der Waals surface area contributed by atoms with Gasteiger partial charge in [0.25, 0.3) is 0 Å². The van der Waals surface area contributed by atoms with Gasteiger partial charge in [-0.3, -0.25) is 23.4 Å². The Kier molecular flexibility index (Phi) is 38.3. The summed E-state index contributed by atoms with van der Waals surface area (Å²) in [6.45, 7) is 2.78. The van der Waals surface area contributed by atoms with Crippen LogP contribution in [0.2, 0.25) is 0 Å². The van der Waals surface area contributed by atoms with Crippen molar-refractivity contribution < 1.29 is 47.5 Å². The molecule has 0 aliphatic carbocycles. The van der Waals surface area contributed by atoms with Gasteiger partial charge in [-0.15, -0.1) is 0 Å². The molecule has 0 aromatic rings. The Balaban J connectivity index is 4.36. The second-order valence-electron chi connectivity index (χ2n) is 15.2. The van der Waals surface area contributed by atoms with Gasteiger partial charge in [-0.25, -0.2) is 4.57 Å². The van der Waals surface area contributed by atoms with Gasteiger partial charge in [-0.2, -0.15) is 0 Å². The zero-order chi connectivity index (χ0) is 41.4. The summed E-state index contributed by atoms with van der Waals surface area (Å²) in [5.74, 6) is -2.40. The fourth-order valence-corrected chi connectivity index (χ4v) is 6.89. The molecule has 0 saturated heterocycles. The normalized spacial score (nSPS) is 13.9. The van der Waals surface area contributed by atoms with Crippen LogP contribution < -0.4 is 5.73 Å². The Hall–Kier alpha value is -2.04. The summed E-state index contributed by atoms with van der Waals surface area (Å²) in [5, 5.41) is 8.89. The summed E-state index contributed by atoms with van der Waals surface area (Å²) in [4.78, 5) is 46.0. The van der Waals surface area contributed by atoms with Crippen molar-refractivity contribution in [1.82, 2.24) is 0 Å². The number of hydrogen-bond acceptors (Lipinski definition) is 9. The molecule has 0 fully saturated rings. The van der Waals surface area contributed by atoms with Crippen LogP contribution in [0.1, 0.15) is 206 Å². The Morgan fingerprint density at radius 2 is 0.893 bits per heavy atom. The van der Waals surface area contributed by atoms with E-state index in [1.165, 1.54) is 128 Å². The monoisotopic (exact) mass is 816 g/mol. The minimum absolute atomic E-state index is 0.157. The third-order valence-electron chi connectivity index (χ3n) is 9.67. The zero-order valence-electron chi connectivity index (χ0n) is 35.5. The van der Waals surface area contributed by atoms with Gasteiger partial charge in [0.15, 0.2) is 6.10 Å². The van der Waals surface area contributed by atoms with Crippen LogP contribution in [0.3, 0.4) is 0 Å². The predicted molar refractivity (Wildman–Crippen MR) is 226 cm³/mol. The van der Waals surface area contributed by atoms with E-state index in [0.717, 1.165) is 38.5 Å². The number of esters is 2. The average Bonchev–Trinajstić information content (AvgIpc) is 3.17. The highest BCUT2D eigenvalue weighted by Gasteiger charge is 2.28. The summed E-state index contributed by atoms with van der Waals surface area (Å²) in [5.41, 5.74) is 5.33. The summed E-state index contributed by atoms with van der Waals surface area (Å²) >= 11 is 0. The van der Waals surface area contributed by atoms with Gasteiger partial charge in [0, 0.05) is 12.8 Å². The van der Waals surface area contributed by atoms with Gasteiger partial charge < -0.3 is 25.2 Å². The molecule has 0 saturated carbocycles. The van der Waals surface area contributed by atoms with Crippen LogP contribution in [0.5, 0.6) is 0 Å². The van der Waals surface area contributed by atoms with Gasteiger partial charge in [0.2, 0.25) is 0 Å². The van der Waals surface area contributed by atoms with Crippen LogP contribution in [0.4, 0.5) is 0 Å². The van der Waals surface area contributed by atoms with Crippen molar-refractivity contribution in [1.29, 1.82) is 0 Å². The van der Waals surface area contributed by atoms with Crippen molar-refractivity contribution in [2.45, 2.75) is 219 Å². The summed E-state index contributed by atoms with van der Waals surface area (Å²) in [6.07, 6.45) is 41.0. The number of allylic oxidation sites excluding steroid dienone is 4. The van der Waals surface area contributed by atoms with Crippen molar-refractivity contribution >= 4 is 25.7 Å². The first kappa shape index (κ1) is 54.0. The lowest BCUT2D eigenvalue weighted by Crippen LogP contribution is -2.34. The van der Waals surface area contributed by atoms with Gasteiger partial charge in [0.05, 0.1) is 13.2 Å². The molecule has 0 radical (unpaired) electrons. The highest BCUT2D eigenvalue weighted by Crippen LogP contribution is 2.43. The van der Waals surface area contributed by atoms with E-state index < -0.39 is 51.1 Å². The van der Waals surface area contributed by atoms with Crippen molar-refractivity contribution in [2.75, 3.05) is 19.8 Å². The first-order chi connectivity index (χ1) is 27.1. The number of rotatable bonds is 42. The summed E-state index contributed by atoms with van der Waals surface area (Å²) < 4.78 is 32.7. The molecule has 0 rings (SSSR count). The molecular weight excluding hydrogens is 733 g/mol. The minimum atomic E-state index is -4.72. The zero-order valence-corrected chi connectivity index (χ0v) is 36.4. The predicted octanol–water partition coefficient (Wildman–Crippen LogP) is 11.8. The van der Waals surface area contributed by atoms with E-state index in [2.05, 4.69) is 42.7 Å². The minimum Gasteiger partial charge on any atom is -0.480 e. The van der Waals surface area contributed by atoms with Gasteiger partial charge in [-0.05, 0) is 64.2 Å². The fourth-order valence-electron chi connectivity index (χ4n) is 6.11. The number of carbonyl (C=O) groups is 3. The van der Waals surface area contributed by atoms with Crippen LogP contribution in [0.15, 0.2) is 24.3 Å². The molecule has 0 aliphatic rings. The highest BCUT2D eigenvalue weighted by molar-refractivity contribution is 7.47. The fraction of sp³-hybridized carbons (Fsp3) is 0.841. The molecule has 328 valence electrons. The smallest absolute Gasteiger partial charge is 0.472 e. The molecule has 56 heavy (non-hydrogen) atoms. The summed E-state index contributed by atoms with van der Waals surface area (Å²) in [6, 6.07) is -1.52. The third-order valence-corrected chi connectivity index (χ3v) is 10.6. The van der Waals surface area contributed by atoms with Crippen LogP contribution in [-0.2, 0) is 37.5 Å². The van der Waals surface area contributed by atoms with Crippen LogP contribution in [-0.4, -0.2) is 59.9 Å². The van der Waals surface area contributed by atoms with Crippen molar-refractivity contribution in [2.24, 2.45) is 5.73 Å². The van der Waals surface area contributed by atoms with Crippen molar-refractivity contribution in [3.63, 3.8) is 0 Å². The van der Waals surface area contributed by atoms with E-state index >= 15 is 0 Å². The number of carbonyl (C=O) groups excluding carboxylic acids is 2. The SMILES string of the molecule is CCCCCC/C=C/CCCCCCCCCCCC(=O)O[C@H](COC(=O)CCCC/C=C/CCCCCCCCCCC)COP(=O)(O)OC[C@H](N)C(=O)O. The number of hydrogen-bond donors (Lipinski definition) is 3. The Morgan fingerprint density at radius 1 is 0.536 bits per heavy atom. The molecule has 0 heterocycles. The molecule has 4 N–H and O–H groups in total. The lowest BCUT2D eigenvalue weighted by molar-refractivity contribution is -0.161. The topological polar surface area (TPSA) is 172 Å². The lowest BCUT2D eigenvalue weighted by atomic mass is 10.1. The van der Waals surface area contributed by atoms with Gasteiger partial charge >= 0.3 is 25.7 Å². The number of phosphoric acid groups is 1. The van der Waals surface area contributed by atoms with Crippen molar-refractivity contribution in [3.05, 3.63) is 24.3 Å². The van der Waals surface area contributed by atoms with E-state index in [0.29, 0.717) is 12.8 Å². The largest absolute Gasteiger partial charge is 0.480 e. The first-order valence-electron chi connectivity index (χ1n) is 22.4. The Morgan fingerprint density at radius 3 is 1.36 bits per heavy atom. The third kappa shape index (κ3) is 38.8. The molecule has 3 atom stereocenters. The van der Waals surface area contributed by atoms with Gasteiger partial charge in [0.1, 0.15) is 12.6 Å². The number of ether oxygens (including phenoxy) is 2. The molecule has 12 heteroatoms. The number of unbranched alkanes of at least 4 members (excludes halogenated alkanes) is 24. The number of nitrogens with two attached hydrogens (primary N) is 1. The Bertz CT molecular complexity index is 1050. The maximum atomic E-state index is 12.6. The molecule has 1 unspecified atom stereocenters. The number of aliphatic carboxylic acids is 1. The number of carboxylic acid groups (broad SMARTS) is 1. The second-order valence-corrected chi connectivity index (χ2v) is 16.6.